The summed E-state index contributed by atoms with van der Waals surface area (Å²) in [5, 5.41) is 3.26. The van der Waals surface area contributed by atoms with Gasteiger partial charge in [-0.15, -0.1) is 0 Å². The SMILES string of the molecule is CCOC(=O)COCCNCCCCSC. The predicted molar refractivity (Wildman–Crippen MR) is 67.9 cm³/mol. The van der Waals surface area contributed by atoms with Crippen molar-refractivity contribution in [3.8, 4) is 0 Å². The van der Waals surface area contributed by atoms with E-state index in [1.165, 1.54) is 18.6 Å². The van der Waals surface area contributed by atoms with Crippen LogP contribution in [-0.4, -0.2) is 50.9 Å². The molecular formula is C11H23NO3S. The molecule has 0 amide bonds. The van der Waals surface area contributed by atoms with Crippen LogP contribution >= 0.6 is 11.8 Å². The Bertz CT molecular complexity index is 167. The van der Waals surface area contributed by atoms with E-state index in [-0.39, 0.29) is 12.6 Å². The highest BCUT2D eigenvalue weighted by Gasteiger charge is 1.99. The van der Waals surface area contributed by atoms with Gasteiger partial charge in [0.15, 0.2) is 0 Å². The average Bonchev–Trinajstić information content (AvgIpc) is 2.27. The Morgan fingerprint density at radius 1 is 1.31 bits per heavy atom. The lowest BCUT2D eigenvalue weighted by Crippen LogP contribution is -2.23. The Morgan fingerprint density at radius 2 is 2.12 bits per heavy atom. The van der Waals surface area contributed by atoms with Gasteiger partial charge in [-0.05, 0) is 38.3 Å². The van der Waals surface area contributed by atoms with Crippen LogP contribution in [0.5, 0.6) is 0 Å². The standard InChI is InChI=1S/C11H23NO3S/c1-3-15-11(13)10-14-8-7-12-6-4-5-9-16-2/h12H,3-10H2,1-2H3. The fourth-order valence-electron chi connectivity index (χ4n) is 1.12. The van der Waals surface area contributed by atoms with E-state index in [9.17, 15) is 4.79 Å². The molecule has 5 heteroatoms. The van der Waals surface area contributed by atoms with Crippen molar-refractivity contribution in [2.24, 2.45) is 0 Å². The summed E-state index contributed by atoms with van der Waals surface area (Å²) in [6.45, 7) is 4.62. The zero-order valence-electron chi connectivity index (χ0n) is 10.3. The van der Waals surface area contributed by atoms with E-state index in [4.69, 9.17) is 9.47 Å². The number of unbranched alkanes of at least 4 members (excludes halogenated alkanes) is 1. The van der Waals surface area contributed by atoms with Crippen LogP contribution in [-0.2, 0) is 14.3 Å². The summed E-state index contributed by atoms with van der Waals surface area (Å²) < 4.78 is 9.86. The Balaban J connectivity index is 3.01. The van der Waals surface area contributed by atoms with Crippen LogP contribution in [0.2, 0.25) is 0 Å². The molecule has 0 aliphatic rings. The maximum atomic E-state index is 10.9. The van der Waals surface area contributed by atoms with Crippen molar-refractivity contribution in [1.29, 1.82) is 0 Å². The smallest absolute Gasteiger partial charge is 0.332 e. The van der Waals surface area contributed by atoms with Crippen molar-refractivity contribution in [2.45, 2.75) is 19.8 Å². The van der Waals surface area contributed by atoms with E-state index >= 15 is 0 Å². The van der Waals surface area contributed by atoms with Gasteiger partial charge in [0.25, 0.3) is 0 Å². The van der Waals surface area contributed by atoms with Gasteiger partial charge < -0.3 is 14.8 Å². The van der Waals surface area contributed by atoms with E-state index < -0.39 is 0 Å². The second-order valence-electron chi connectivity index (χ2n) is 3.31. The third-order valence-electron chi connectivity index (χ3n) is 1.90. The van der Waals surface area contributed by atoms with Gasteiger partial charge >= 0.3 is 5.97 Å². The lowest BCUT2D eigenvalue weighted by atomic mass is 10.3. The first-order chi connectivity index (χ1) is 7.81. The number of nitrogens with one attached hydrogen (secondary N) is 1. The van der Waals surface area contributed by atoms with Crippen molar-refractivity contribution < 1.29 is 14.3 Å². The first-order valence-electron chi connectivity index (χ1n) is 5.74. The van der Waals surface area contributed by atoms with Gasteiger partial charge in [-0.25, -0.2) is 4.79 Å². The fraction of sp³-hybridized carbons (Fsp3) is 0.909. The van der Waals surface area contributed by atoms with Crippen LogP contribution in [0.15, 0.2) is 0 Å². The van der Waals surface area contributed by atoms with Crippen LogP contribution in [0.4, 0.5) is 0 Å². The molecule has 16 heavy (non-hydrogen) atoms. The maximum absolute atomic E-state index is 10.9. The van der Waals surface area contributed by atoms with Gasteiger partial charge in [0, 0.05) is 6.54 Å². The monoisotopic (exact) mass is 249 g/mol. The van der Waals surface area contributed by atoms with E-state index in [0.29, 0.717) is 13.2 Å². The van der Waals surface area contributed by atoms with Crippen LogP contribution < -0.4 is 5.32 Å². The van der Waals surface area contributed by atoms with E-state index in [1.54, 1.807) is 6.92 Å². The van der Waals surface area contributed by atoms with E-state index in [0.717, 1.165) is 13.1 Å². The van der Waals surface area contributed by atoms with Crippen molar-refractivity contribution in [3.63, 3.8) is 0 Å². The van der Waals surface area contributed by atoms with Crippen molar-refractivity contribution in [1.82, 2.24) is 5.32 Å². The molecule has 0 bridgehead atoms. The molecule has 0 heterocycles. The van der Waals surface area contributed by atoms with Crippen molar-refractivity contribution in [2.75, 3.05) is 44.9 Å². The number of thioether (sulfide) groups is 1. The molecule has 0 unspecified atom stereocenters. The number of ether oxygens (including phenoxy) is 2. The molecule has 4 nitrogen and oxygen atoms in total. The first kappa shape index (κ1) is 15.7. The molecule has 0 radical (unpaired) electrons. The van der Waals surface area contributed by atoms with Crippen LogP contribution in [0, 0.1) is 0 Å². The summed E-state index contributed by atoms with van der Waals surface area (Å²) in [6.07, 6.45) is 4.56. The Hall–Kier alpha value is -0.260. The normalized spacial score (nSPS) is 10.4. The summed E-state index contributed by atoms with van der Waals surface area (Å²) in [4.78, 5) is 10.9. The Labute approximate surface area is 102 Å². The van der Waals surface area contributed by atoms with Crippen molar-refractivity contribution >= 4 is 17.7 Å². The molecule has 0 atom stereocenters. The van der Waals surface area contributed by atoms with Gasteiger partial charge in [-0.1, -0.05) is 0 Å². The highest BCUT2D eigenvalue weighted by molar-refractivity contribution is 7.98. The topological polar surface area (TPSA) is 47.6 Å². The molecule has 0 aromatic carbocycles. The quantitative estimate of drug-likeness (QED) is 0.442. The molecule has 0 aromatic heterocycles. The maximum Gasteiger partial charge on any atom is 0.332 e. The Morgan fingerprint density at radius 3 is 2.81 bits per heavy atom. The zero-order chi connectivity index (χ0) is 12.1. The summed E-state index contributed by atoms with van der Waals surface area (Å²) in [6, 6.07) is 0. The van der Waals surface area contributed by atoms with E-state index in [2.05, 4.69) is 11.6 Å². The van der Waals surface area contributed by atoms with Gasteiger partial charge in [0.05, 0.1) is 13.2 Å². The number of carbonyl (C=O) groups is 1. The van der Waals surface area contributed by atoms with Gasteiger partial charge in [-0.2, -0.15) is 11.8 Å². The highest BCUT2D eigenvalue weighted by Crippen LogP contribution is 1.97. The molecule has 0 rings (SSSR count). The number of hydrogen-bond donors (Lipinski definition) is 1. The van der Waals surface area contributed by atoms with Gasteiger partial charge in [-0.3, -0.25) is 0 Å². The second-order valence-corrected chi connectivity index (χ2v) is 4.29. The molecule has 0 aromatic rings. The fourth-order valence-corrected chi connectivity index (χ4v) is 1.62. The predicted octanol–water partition coefficient (Wildman–Crippen LogP) is 1.30. The molecule has 0 spiro atoms. The lowest BCUT2D eigenvalue weighted by molar-refractivity contribution is -0.148. The summed E-state index contributed by atoms with van der Waals surface area (Å²) in [7, 11) is 0. The summed E-state index contributed by atoms with van der Waals surface area (Å²) in [5.41, 5.74) is 0. The summed E-state index contributed by atoms with van der Waals surface area (Å²) in [5.74, 6) is 0.934. The Kier molecular flexibility index (Phi) is 12.6. The minimum absolute atomic E-state index is 0.0575. The molecule has 0 fully saturated rings. The van der Waals surface area contributed by atoms with Gasteiger partial charge in [0.2, 0.25) is 0 Å². The molecular weight excluding hydrogens is 226 g/mol. The van der Waals surface area contributed by atoms with Crippen molar-refractivity contribution in [3.05, 3.63) is 0 Å². The van der Waals surface area contributed by atoms with Crippen LogP contribution in [0.1, 0.15) is 19.8 Å². The van der Waals surface area contributed by atoms with E-state index in [1.807, 2.05) is 11.8 Å². The molecule has 0 aliphatic heterocycles. The number of hydrogen-bond acceptors (Lipinski definition) is 5. The molecule has 1 N–H and O–H groups in total. The van der Waals surface area contributed by atoms with Crippen LogP contribution in [0.3, 0.4) is 0 Å². The molecule has 96 valence electrons. The number of carbonyl (C=O) groups excluding carboxylic acids is 1. The zero-order valence-corrected chi connectivity index (χ0v) is 11.1. The second kappa shape index (κ2) is 12.8. The molecule has 0 saturated heterocycles. The molecule has 0 saturated carbocycles. The van der Waals surface area contributed by atoms with Crippen LogP contribution in [0.25, 0.3) is 0 Å². The highest BCUT2D eigenvalue weighted by atomic mass is 32.2. The average molecular weight is 249 g/mol. The lowest BCUT2D eigenvalue weighted by Gasteiger charge is -2.05. The third kappa shape index (κ3) is 11.8. The number of rotatable bonds is 11. The van der Waals surface area contributed by atoms with Gasteiger partial charge in [0.1, 0.15) is 6.61 Å². The summed E-state index contributed by atoms with van der Waals surface area (Å²) >= 11 is 1.88. The largest absolute Gasteiger partial charge is 0.464 e. The third-order valence-corrected chi connectivity index (χ3v) is 2.60. The molecule has 0 aliphatic carbocycles. The minimum Gasteiger partial charge on any atom is -0.464 e. The minimum atomic E-state index is -0.289. The number of esters is 1. The first-order valence-corrected chi connectivity index (χ1v) is 7.13.